The zero-order valence-electron chi connectivity index (χ0n) is 12.2. The Labute approximate surface area is 120 Å². The topological polar surface area (TPSA) is 92.7 Å². The predicted molar refractivity (Wildman–Crippen MR) is 76.0 cm³/mol. The Morgan fingerprint density at radius 3 is 2.45 bits per heavy atom. The van der Waals surface area contributed by atoms with E-state index in [0.29, 0.717) is 32.0 Å². The molecule has 1 heterocycles. The fraction of sp³-hybridized carbons (Fsp3) is 0.923. The minimum Gasteiger partial charge on any atom is -0.480 e. The van der Waals surface area contributed by atoms with Crippen molar-refractivity contribution in [2.75, 3.05) is 19.0 Å². The first-order chi connectivity index (χ1) is 9.30. The molecule has 0 spiro atoms. The van der Waals surface area contributed by atoms with Crippen molar-refractivity contribution >= 4 is 16.0 Å². The van der Waals surface area contributed by atoms with Crippen LogP contribution in [0.5, 0.6) is 0 Å². The van der Waals surface area contributed by atoms with E-state index in [9.17, 15) is 13.2 Å². The number of rotatable bonds is 8. The third-order valence-corrected chi connectivity index (χ3v) is 4.88. The van der Waals surface area contributed by atoms with Crippen molar-refractivity contribution < 1.29 is 23.1 Å². The Bertz CT molecular complexity index is 401. The molecule has 1 unspecified atom stereocenters. The van der Waals surface area contributed by atoms with Crippen LogP contribution in [0.15, 0.2) is 0 Å². The first-order valence-electron chi connectivity index (χ1n) is 7.10. The second kappa shape index (κ2) is 7.95. The van der Waals surface area contributed by atoms with Crippen molar-refractivity contribution in [3.05, 3.63) is 0 Å². The van der Waals surface area contributed by atoms with Gasteiger partial charge in [0, 0.05) is 13.2 Å². The van der Waals surface area contributed by atoms with Crippen LogP contribution in [0.1, 0.15) is 39.5 Å². The van der Waals surface area contributed by atoms with Crippen molar-refractivity contribution in [3.8, 4) is 0 Å². The molecule has 1 saturated heterocycles. The van der Waals surface area contributed by atoms with Gasteiger partial charge in [0.25, 0.3) is 0 Å². The number of hydrogen-bond acceptors (Lipinski definition) is 4. The zero-order chi connectivity index (χ0) is 15.2. The van der Waals surface area contributed by atoms with Crippen molar-refractivity contribution in [2.45, 2.75) is 45.6 Å². The van der Waals surface area contributed by atoms with Crippen molar-refractivity contribution in [3.63, 3.8) is 0 Å². The molecule has 1 aliphatic heterocycles. The highest BCUT2D eigenvalue weighted by Gasteiger charge is 2.25. The lowest BCUT2D eigenvalue weighted by atomic mass is 9.98. The number of nitrogens with one attached hydrogen (secondary N) is 1. The second-order valence-corrected chi connectivity index (χ2v) is 7.67. The fourth-order valence-corrected chi connectivity index (χ4v) is 3.70. The van der Waals surface area contributed by atoms with Gasteiger partial charge in [-0.2, -0.15) is 0 Å². The summed E-state index contributed by atoms with van der Waals surface area (Å²) in [5, 5.41) is 9.06. The monoisotopic (exact) mass is 307 g/mol. The summed E-state index contributed by atoms with van der Waals surface area (Å²) in [4.78, 5) is 11.1. The zero-order valence-corrected chi connectivity index (χ0v) is 13.0. The molecular formula is C13H25NO5S. The lowest BCUT2D eigenvalue weighted by Crippen LogP contribution is -2.42. The number of hydrogen-bond donors (Lipinski definition) is 2. The van der Waals surface area contributed by atoms with Crippen LogP contribution in [0.25, 0.3) is 0 Å². The van der Waals surface area contributed by atoms with Crippen LogP contribution in [0.4, 0.5) is 0 Å². The predicted octanol–water partition coefficient (Wildman–Crippen LogP) is 1.22. The van der Waals surface area contributed by atoms with Gasteiger partial charge in [0.05, 0.1) is 5.75 Å². The molecule has 1 rings (SSSR count). The standard InChI is InChI=1S/C13H25NO5S/c1-10(2)9-12(13(15)16)14-20(17,18)8-5-11-3-6-19-7-4-11/h10-12,14H,3-9H2,1-2H3,(H,15,16). The van der Waals surface area contributed by atoms with Gasteiger partial charge in [0.1, 0.15) is 6.04 Å². The van der Waals surface area contributed by atoms with Gasteiger partial charge in [-0.25, -0.2) is 13.1 Å². The highest BCUT2D eigenvalue weighted by molar-refractivity contribution is 7.89. The number of carbonyl (C=O) groups is 1. The normalized spacial score (nSPS) is 19.1. The molecule has 0 radical (unpaired) electrons. The van der Waals surface area contributed by atoms with Gasteiger partial charge in [0.2, 0.25) is 10.0 Å². The summed E-state index contributed by atoms with van der Waals surface area (Å²) in [6.07, 6.45) is 2.62. The molecule has 0 aromatic heterocycles. The van der Waals surface area contributed by atoms with Gasteiger partial charge < -0.3 is 9.84 Å². The van der Waals surface area contributed by atoms with E-state index in [1.54, 1.807) is 0 Å². The Morgan fingerprint density at radius 1 is 1.35 bits per heavy atom. The Hall–Kier alpha value is -0.660. The minimum absolute atomic E-state index is 0.0143. The maximum atomic E-state index is 12.0. The molecule has 0 aliphatic carbocycles. The van der Waals surface area contributed by atoms with E-state index >= 15 is 0 Å². The van der Waals surface area contributed by atoms with Crippen LogP contribution in [-0.4, -0.2) is 44.5 Å². The van der Waals surface area contributed by atoms with Gasteiger partial charge in [0.15, 0.2) is 0 Å². The number of ether oxygens (including phenoxy) is 1. The third-order valence-electron chi connectivity index (χ3n) is 3.46. The van der Waals surface area contributed by atoms with Crippen LogP contribution in [0, 0.1) is 11.8 Å². The molecule has 1 atom stereocenters. The summed E-state index contributed by atoms with van der Waals surface area (Å²) < 4.78 is 31.5. The molecule has 0 saturated carbocycles. The van der Waals surface area contributed by atoms with Crippen LogP contribution < -0.4 is 4.72 Å². The summed E-state index contributed by atoms with van der Waals surface area (Å²) in [6, 6.07) is -1.03. The molecule has 0 amide bonds. The van der Waals surface area contributed by atoms with Gasteiger partial charge >= 0.3 is 5.97 Å². The molecule has 2 N–H and O–H groups in total. The van der Waals surface area contributed by atoms with Gasteiger partial charge in [-0.15, -0.1) is 0 Å². The number of carboxylic acid groups (broad SMARTS) is 1. The van der Waals surface area contributed by atoms with Crippen molar-refractivity contribution in [1.29, 1.82) is 0 Å². The number of carboxylic acids is 1. The first-order valence-corrected chi connectivity index (χ1v) is 8.76. The summed E-state index contributed by atoms with van der Waals surface area (Å²) in [7, 11) is -3.54. The van der Waals surface area contributed by atoms with Gasteiger partial charge in [-0.1, -0.05) is 13.8 Å². The van der Waals surface area contributed by atoms with E-state index in [1.165, 1.54) is 0 Å². The molecule has 1 fully saturated rings. The maximum Gasteiger partial charge on any atom is 0.321 e. The summed E-state index contributed by atoms with van der Waals surface area (Å²) in [6.45, 7) is 5.10. The lowest BCUT2D eigenvalue weighted by molar-refractivity contribution is -0.139. The van der Waals surface area contributed by atoms with E-state index < -0.39 is 22.0 Å². The van der Waals surface area contributed by atoms with Crippen molar-refractivity contribution in [1.82, 2.24) is 4.72 Å². The molecule has 20 heavy (non-hydrogen) atoms. The SMILES string of the molecule is CC(C)CC(NS(=O)(=O)CCC1CCOCC1)C(=O)O. The third kappa shape index (κ3) is 6.67. The summed E-state index contributed by atoms with van der Waals surface area (Å²) >= 11 is 0. The summed E-state index contributed by atoms with van der Waals surface area (Å²) in [5.74, 6) is -0.657. The molecule has 118 valence electrons. The lowest BCUT2D eigenvalue weighted by Gasteiger charge is -2.22. The van der Waals surface area contributed by atoms with Crippen LogP contribution in [-0.2, 0) is 19.6 Å². The van der Waals surface area contributed by atoms with E-state index in [1.807, 2.05) is 13.8 Å². The average Bonchev–Trinajstić information content (AvgIpc) is 2.36. The molecular weight excluding hydrogens is 282 g/mol. The first kappa shape index (κ1) is 17.4. The highest BCUT2D eigenvalue weighted by Crippen LogP contribution is 2.19. The van der Waals surface area contributed by atoms with Gasteiger partial charge in [-0.3, -0.25) is 4.79 Å². The highest BCUT2D eigenvalue weighted by atomic mass is 32.2. The van der Waals surface area contributed by atoms with E-state index in [4.69, 9.17) is 9.84 Å². The van der Waals surface area contributed by atoms with Gasteiger partial charge in [-0.05, 0) is 37.5 Å². The fourth-order valence-electron chi connectivity index (χ4n) is 2.30. The largest absolute Gasteiger partial charge is 0.480 e. The Morgan fingerprint density at radius 2 is 1.95 bits per heavy atom. The summed E-state index contributed by atoms with van der Waals surface area (Å²) in [5.41, 5.74) is 0. The number of aliphatic carboxylic acids is 1. The smallest absolute Gasteiger partial charge is 0.321 e. The van der Waals surface area contributed by atoms with Crippen molar-refractivity contribution in [2.24, 2.45) is 11.8 Å². The average molecular weight is 307 g/mol. The Kier molecular flexibility index (Phi) is 6.91. The Balaban J connectivity index is 2.47. The van der Waals surface area contributed by atoms with Crippen LogP contribution in [0.3, 0.4) is 0 Å². The van der Waals surface area contributed by atoms with E-state index in [0.717, 1.165) is 12.8 Å². The van der Waals surface area contributed by atoms with E-state index in [-0.39, 0.29) is 11.7 Å². The van der Waals surface area contributed by atoms with Crippen LogP contribution >= 0.6 is 0 Å². The minimum atomic E-state index is -3.54. The molecule has 6 nitrogen and oxygen atoms in total. The maximum absolute atomic E-state index is 12.0. The number of sulfonamides is 1. The molecule has 7 heteroatoms. The molecule has 0 aromatic carbocycles. The van der Waals surface area contributed by atoms with Crippen LogP contribution in [0.2, 0.25) is 0 Å². The molecule has 0 bridgehead atoms. The van der Waals surface area contributed by atoms with E-state index in [2.05, 4.69) is 4.72 Å². The molecule has 0 aromatic rings. The molecule has 1 aliphatic rings. The quantitative estimate of drug-likeness (QED) is 0.703. The second-order valence-electron chi connectivity index (χ2n) is 5.80.